The van der Waals surface area contributed by atoms with Crippen molar-refractivity contribution in [2.45, 2.75) is 26.3 Å². The van der Waals surface area contributed by atoms with Gasteiger partial charge in [0.25, 0.3) is 5.56 Å². The highest BCUT2D eigenvalue weighted by molar-refractivity contribution is 5.95. The number of pyridine rings is 1. The molecule has 0 aromatic carbocycles. The summed E-state index contributed by atoms with van der Waals surface area (Å²) in [4.78, 5) is 36.9. The number of piperidine rings is 1. The number of anilines is 1. The molecule has 2 amide bonds. The van der Waals surface area contributed by atoms with Crippen molar-refractivity contribution >= 4 is 17.5 Å². The van der Waals surface area contributed by atoms with E-state index in [-0.39, 0.29) is 29.7 Å². The molecule has 20 heavy (non-hydrogen) atoms. The van der Waals surface area contributed by atoms with Gasteiger partial charge in [0.1, 0.15) is 0 Å². The van der Waals surface area contributed by atoms with Crippen LogP contribution in [0.15, 0.2) is 23.1 Å². The second-order valence-electron chi connectivity index (χ2n) is 5.04. The van der Waals surface area contributed by atoms with E-state index < -0.39 is 0 Å². The van der Waals surface area contributed by atoms with Crippen LogP contribution in [-0.2, 0) is 16.1 Å². The van der Waals surface area contributed by atoms with E-state index in [0.29, 0.717) is 25.2 Å². The van der Waals surface area contributed by atoms with E-state index in [2.05, 4.69) is 5.32 Å². The van der Waals surface area contributed by atoms with Gasteiger partial charge in [-0.2, -0.15) is 0 Å². The summed E-state index contributed by atoms with van der Waals surface area (Å²) >= 11 is 0. The Bertz CT molecular complexity index is 579. The van der Waals surface area contributed by atoms with Crippen molar-refractivity contribution in [3.8, 4) is 0 Å². The molecule has 0 spiro atoms. The van der Waals surface area contributed by atoms with Gasteiger partial charge < -0.3 is 14.8 Å². The summed E-state index contributed by atoms with van der Waals surface area (Å²) in [5.74, 6) is -0.455. The highest BCUT2D eigenvalue weighted by Gasteiger charge is 2.28. The van der Waals surface area contributed by atoms with Gasteiger partial charge in [-0.1, -0.05) is 0 Å². The van der Waals surface area contributed by atoms with Crippen LogP contribution in [0.5, 0.6) is 0 Å². The van der Waals surface area contributed by atoms with Crippen LogP contribution in [0.25, 0.3) is 0 Å². The molecule has 0 bridgehead atoms. The molecule has 1 unspecified atom stereocenters. The first-order chi connectivity index (χ1) is 9.51. The summed E-state index contributed by atoms with van der Waals surface area (Å²) in [5, 5.41) is 2.78. The molecule has 2 rings (SSSR count). The molecule has 2 heterocycles. The normalized spacial score (nSPS) is 19.0. The summed E-state index contributed by atoms with van der Waals surface area (Å²) in [6.45, 7) is 3.02. The quantitative estimate of drug-likeness (QED) is 0.883. The summed E-state index contributed by atoms with van der Waals surface area (Å²) in [5.41, 5.74) is 0.489. The minimum absolute atomic E-state index is 0.00470. The van der Waals surface area contributed by atoms with Crippen LogP contribution in [0.2, 0.25) is 0 Å². The number of rotatable bonds is 3. The maximum atomic E-state index is 12.1. The molecule has 1 N–H and O–H groups in total. The van der Waals surface area contributed by atoms with Crippen LogP contribution in [-0.4, -0.2) is 34.9 Å². The second kappa shape index (κ2) is 5.90. The number of hydrogen-bond donors (Lipinski definition) is 1. The predicted octanol–water partition coefficient (Wildman–Crippen LogP) is 0.675. The van der Waals surface area contributed by atoms with Crippen molar-refractivity contribution in [2.24, 2.45) is 5.92 Å². The molecule has 1 aromatic heterocycles. The van der Waals surface area contributed by atoms with Crippen molar-refractivity contribution in [1.29, 1.82) is 0 Å². The van der Waals surface area contributed by atoms with Crippen molar-refractivity contribution in [1.82, 2.24) is 9.47 Å². The van der Waals surface area contributed by atoms with Crippen LogP contribution in [0.1, 0.15) is 19.8 Å². The van der Waals surface area contributed by atoms with E-state index in [1.165, 1.54) is 10.6 Å². The zero-order valence-electron chi connectivity index (χ0n) is 11.8. The van der Waals surface area contributed by atoms with Crippen molar-refractivity contribution < 1.29 is 9.59 Å². The molecule has 0 saturated carbocycles. The van der Waals surface area contributed by atoms with Crippen LogP contribution < -0.4 is 10.9 Å². The summed E-state index contributed by atoms with van der Waals surface area (Å²) in [6, 6.07) is 3.02. The topological polar surface area (TPSA) is 71.4 Å². The molecule has 1 fully saturated rings. The molecule has 1 saturated heterocycles. The van der Waals surface area contributed by atoms with Crippen LogP contribution in [0.3, 0.4) is 0 Å². The maximum Gasteiger partial charge on any atom is 0.250 e. The van der Waals surface area contributed by atoms with Gasteiger partial charge >= 0.3 is 0 Å². The highest BCUT2D eigenvalue weighted by atomic mass is 16.2. The van der Waals surface area contributed by atoms with Crippen LogP contribution >= 0.6 is 0 Å². The minimum Gasteiger partial charge on any atom is -0.346 e. The number of aryl methyl sites for hydroxylation is 1. The molecule has 0 aliphatic carbocycles. The number of aromatic nitrogens is 1. The first kappa shape index (κ1) is 14.3. The Labute approximate surface area is 117 Å². The molecule has 6 heteroatoms. The number of likely N-dealkylation sites (tertiary alicyclic amines) is 1. The zero-order valence-corrected chi connectivity index (χ0v) is 11.8. The van der Waals surface area contributed by atoms with E-state index in [0.717, 1.165) is 0 Å². The third kappa shape index (κ3) is 3.07. The number of hydrogen-bond acceptors (Lipinski definition) is 3. The third-order valence-electron chi connectivity index (χ3n) is 3.62. The molecule has 1 aromatic rings. The van der Waals surface area contributed by atoms with Gasteiger partial charge in [0.15, 0.2) is 0 Å². The molecule has 6 nitrogen and oxygen atoms in total. The zero-order chi connectivity index (χ0) is 14.7. The average molecular weight is 277 g/mol. The van der Waals surface area contributed by atoms with Gasteiger partial charge in [-0.05, 0) is 19.4 Å². The van der Waals surface area contributed by atoms with Gasteiger partial charge in [-0.3, -0.25) is 14.4 Å². The molecular weight excluding hydrogens is 258 g/mol. The number of nitrogens with zero attached hydrogens (tertiary/aromatic N) is 2. The third-order valence-corrected chi connectivity index (χ3v) is 3.62. The monoisotopic (exact) mass is 277 g/mol. The molecule has 1 aliphatic rings. The lowest BCUT2D eigenvalue weighted by Crippen LogP contribution is -2.40. The molecule has 108 valence electrons. The van der Waals surface area contributed by atoms with E-state index in [1.54, 1.807) is 24.2 Å². The van der Waals surface area contributed by atoms with Gasteiger partial charge in [0.05, 0.1) is 5.69 Å². The van der Waals surface area contributed by atoms with E-state index in [9.17, 15) is 14.4 Å². The molecular formula is C14H19N3O3. The SMILES string of the molecule is CCn1cc(NC(=O)C2CCN(C)C(=O)C2)ccc1=O. The Morgan fingerprint density at radius 3 is 2.80 bits per heavy atom. The molecule has 1 atom stereocenters. The standard InChI is InChI=1S/C14H19N3O3/c1-3-17-9-11(4-5-12(17)18)15-14(20)10-6-7-16(2)13(19)8-10/h4-5,9-10H,3,6-8H2,1-2H3,(H,15,20). The Hall–Kier alpha value is -2.11. The lowest BCUT2D eigenvalue weighted by atomic mass is 9.95. The second-order valence-corrected chi connectivity index (χ2v) is 5.04. The van der Waals surface area contributed by atoms with Gasteiger partial charge in [0.2, 0.25) is 11.8 Å². The molecule has 0 radical (unpaired) electrons. The summed E-state index contributed by atoms with van der Waals surface area (Å²) in [7, 11) is 1.74. The first-order valence-corrected chi connectivity index (χ1v) is 6.76. The lowest BCUT2D eigenvalue weighted by Gasteiger charge is -2.27. The van der Waals surface area contributed by atoms with E-state index >= 15 is 0 Å². The largest absolute Gasteiger partial charge is 0.346 e. The average Bonchev–Trinajstić information content (AvgIpc) is 2.43. The van der Waals surface area contributed by atoms with Crippen molar-refractivity contribution in [3.05, 3.63) is 28.7 Å². The first-order valence-electron chi connectivity index (χ1n) is 6.76. The number of amides is 2. The Morgan fingerprint density at radius 1 is 1.40 bits per heavy atom. The van der Waals surface area contributed by atoms with Gasteiger partial charge in [-0.15, -0.1) is 0 Å². The lowest BCUT2D eigenvalue weighted by molar-refractivity contribution is -0.137. The fourth-order valence-corrected chi connectivity index (χ4v) is 2.26. The maximum absolute atomic E-state index is 12.1. The smallest absolute Gasteiger partial charge is 0.250 e. The number of carbonyl (C=O) groups is 2. The van der Waals surface area contributed by atoms with Crippen LogP contribution in [0, 0.1) is 5.92 Å². The Balaban J connectivity index is 2.05. The van der Waals surface area contributed by atoms with Crippen molar-refractivity contribution in [2.75, 3.05) is 18.9 Å². The van der Waals surface area contributed by atoms with Gasteiger partial charge in [0, 0.05) is 44.7 Å². The number of nitrogens with one attached hydrogen (secondary N) is 1. The van der Waals surface area contributed by atoms with Gasteiger partial charge in [-0.25, -0.2) is 0 Å². The number of carbonyl (C=O) groups excluding carboxylic acids is 2. The fraction of sp³-hybridized carbons (Fsp3) is 0.500. The predicted molar refractivity (Wildman–Crippen MR) is 75.4 cm³/mol. The summed E-state index contributed by atoms with van der Waals surface area (Å²) < 4.78 is 1.52. The van der Waals surface area contributed by atoms with E-state index in [4.69, 9.17) is 0 Å². The Morgan fingerprint density at radius 2 is 2.15 bits per heavy atom. The fourth-order valence-electron chi connectivity index (χ4n) is 2.26. The summed E-state index contributed by atoms with van der Waals surface area (Å²) in [6.07, 6.45) is 2.54. The highest BCUT2D eigenvalue weighted by Crippen LogP contribution is 2.19. The Kier molecular flexibility index (Phi) is 4.22. The van der Waals surface area contributed by atoms with Crippen molar-refractivity contribution in [3.63, 3.8) is 0 Å². The van der Waals surface area contributed by atoms with E-state index in [1.807, 2.05) is 6.92 Å². The minimum atomic E-state index is -0.291. The van der Waals surface area contributed by atoms with Crippen LogP contribution in [0.4, 0.5) is 5.69 Å². The molecule has 1 aliphatic heterocycles.